The number of unbranched alkanes of at least 4 members (excludes halogenated alkanes) is 1. The molecule has 0 aliphatic heterocycles. The number of carbonyl (C=O) groups is 1. The molecule has 0 radical (unpaired) electrons. The van der Waals surface area contributed by atoms with Crippen LogP contribution in [-0.4, -0.2) is 18.0 Å². The van der Waals surface area contributed by atoms with Crippen LogP contribution < -0.4 is 16.8 Å². The van der Waals surface area contributed by atoms with Gasteiger partial charge in [0.2, 0.25) is 5.91 Å². The van der Waals surface area contributed by atoms with E-state index in [1.54, 1.807) is 6.92 Å². The van der Waals surface area contributed by atoms with Crippen LogP contribution in [0.3, 0.4) is 0 Å². The van der Waals surface area contributed by atoms with E-state index in [1.807, 2.05) is 0 Å². The second kappa shape index (κ2) is 6.43. The van der Waals surface area contributed by atoms with Gasteiger partial charge in [-0.05, 0) is 13.3 Å². The number of nitrogens with two attached hydrogens (primary N) is 2. The number of nitrogens with one attached hydrogen (secondary N) is 1. The Hall–Kier alpha value is -1.03. The highest BCUT2D eigenvalue weighted by molar-refractivity contribution is 5.81. The fourth-order valence-electron chi connectivity index (χ4n) is 1.06. The van der Waals surface area contributed by atoms with Crippen molar-refractivity contribution in [2.45, 2.75) is 45.2 Å². The monoisotopic (exact) mass is 199 g/mol. The molecule has 1 amide bonds. The van der Waals surface area contributed by atoms with Crippen molar-refractivity contribution in [2.75, 3.05) is 0 Å². The molecule has 82 valence electrons. The molecule has 0 saturated carbocycles. The summed E-state index contributed by atoms with van der Waals surface area (Å²) < 4.78 is 0. The van der Waals surface area contributed by atoms with Crippen LogP contribution in [0.2, 0.25) is 0 Å². The van der Waals surface area contributed by atoms with Gasteiger partial charge in [0.15, 0.2) is 0 Å². The third kappa shape index (κ3) is 4.87. The molecule has 14 heavy (non-hydrogen) atoms. The number of hydrogen-bond donors (Lipinski definition) is 3. The van der Waals surface area contributed by atoms with Gasteiger partial charge in [0.25, 0.3) is 0 Å². The van der Waals surface area contributed by atoms with Crippen molar-refractivity contribution >= 4 is 5.91 Å². The second-order valence-electron chi connectivity index (χ2n) is 3.57. The lowest BCUT2D eigenvalue weighted by Gasteiger charge is -2.19. The maximum atomic E-state index is 11.3. The van der Waals surface area contributed by atoms with Gasteiger partial charge in [-0.25, -0.2) is 0 Å². The van der Waals surface area contributed by atoms with Crippen molar-refractivity contribution in [2.24, 2.45) is 11.5 Å². The zero-order valence-corrected chi connectivity index (χ0v) is 9.05. The maximum absolute atomic E-state index is 11.3. The molecule has 0 saturated heterocycles. The van der Waals surface area contributed by atoms with Crippen LogP contribution in [0.5, 0.6) is 0 Å². The quantitative estimate of drug-likeness (QED) is 0.582. The molecular formula is C10H21N3O. The van der Waals surface area contributed by atoms with Crippen LogP contribution in [0, 0.1) is 0 Å². The van der Waals surface area contributed by atoms with Gasteiger partial charge >= 0.3 is 0 Å². The Kier molecular flexibility index (Phi) is 5.95. The van der Waals surface area contributed by atoms with Crippen molar-refractivity contribution in [3.63, 3.8) is 0 Å². The molecule has 0 unspecified atom stereocenters. The van der Waals surface area contributed by atoms with E-state index in [1.165, 1.54) is 0 Å². The van der Waals surface area contributed by atoms with E-state index in [2.05, 4.69) is 18.8 Å². The maximum Gasteiger partial charge on any atom is 0.237 e. The summed E-state index contributed by atoms with van der Waals surface area (Å²) in [5, 5.41) is 2.76. The van der Waals surface area contributed by atoms with Crippen LogP contribution in [0.4, 0.5) is 0 Å². The number of carbonyl (C=O) groups excluding carboxylic acids is 1. The third-order valence-corrected chi connectivity index (χ3v) is 2.02. The van der Waals surface area contributed by atoms with Crippen molar-refractivity contribution in [3.05, 3.63) is 12.3 Å². The van der Waals surface area contributed by atoms with E-state index in [0.29, 0.717) is 5.70 Å². The minimum absolute atomic E-state index is 0.145. The molecule has 5 N–H and O–H groups in total. The summed E-state index contributed by atoms with van der Waals surface area (Å²) in [5.41, 5.74) is 11.5. The Morgan fingerprint density at radius 2 is 2.14 bits per heavy atom. The highest BCUT2D eigenvalue weighted by Crippen LogP contribution is 2.04. The molecule has 0 heterocycles. The second-order valence-corrected chi connectivity index (χ2v) is 3.57. The van der Waals surface area contributed by atoms with Gasteiger partial charge < -0.3 is 16.8 Å². The minimum Gasteiger partial charge on any atom is -0.401 e. The van der Waals surface area contributed by atoms with E-state index in [4.69, 9.17) is 11.5 Å². The van der Waals surface area contributed by atoms with Crippen LogP contribution >= 0.6 is 0 Å². The first kappa shape index (κ1) is 13.0. The summed E-state index contributed by atoms with van der Waals surface area (Å²) in [6.45, 7) is 7.37. The molecule has 0 aliphatic carbocycles. The number of rotatable bonds is 6. The van der Waals surface area contributed by atoms with Gasteiger partial charge in [-0.15, -0.1) is 0 Å². The smallest absolute Gasteiger partial charge is 0.237 e. The van der Waals surface area contributed by atoms with Crippen LogP contribution in [-0.2, 0) is 4.79 Å². The molecule has 0 spiro atoms. The number of amides is 1. The molecule has 0 aromatic rings. The van der Waals surface area contributed by atoms with Gasteiger partial charge in [0, 0.05) is 5.70 Å². The lowest BCUT2D eigenvalue weighted by atomic mass is 10.1. The standard InChI is InChI=1S/C10H21N3O/c1-4-5-6-9(7(2)11)13-10(14)8(3)12/h8-9H,2,4-6,11-12H2,1,3H3,(H,13,14)/t8-,9-/m0/s1. The molecule has 0 rings (SSSR count). The molecule has 0 aromatic carbocycles. The van der Waals surface area contributed by atoms with E-state index in [-0.39, 0.29) is 11.9 Å². The summed E-state index contributed by atoms with van der Waals surface area (Å²) in [5.74, 6) is -0.183. The molecule has 4 nitrogen and oxygen atoms in total. The Morgan fingerprint density at radius 3 is 2.50 bits per heavy atom. The predicted octanol–water partition coefficient (Wildman–Crippen LogP) is 0.481. The minimum atomic E-state index is -0.501. The Bertz CT molecular complexity index is 202. The first-order valence-corrected chi connectivity index (χ1v) is 4.99. The first-order valence-electron chi connectivity index (χ1n) is 4.99. The van der Waals surface area contributed by atoms with Crippen molar-refractivity contribution in [1.82, 2.24) is 5.32 Å². The Balaban J connectivity index is 4.09. The van der Waals surface area contributed by atoms with Gasteiger partial charge in [-0.3, -0.25) is 4.79 Å². The van der Waals surface area contributed by atoms with E-state index in [9.17, 15) is 4.79 Å². The van der Waals surface area contributed by atoms with Gasteiger partial charge in [0.1, 0.15) is 0 Å². The Labute approximate surface area is 85.7 Å². The van der Waals surface area contributed by atoms with E-state index in [0.717, 1.165) is 19.3 Å². The fourth-order valence-corrected chi connectivity index (χ4v) is 1.06. The number of hydrogen-bond acceptors (Lipinski definition) is 3. The fraction of sp³-hybridized carbons (Fsp3) is 0.700. The van der Waals surface area contributed by atoms with Crippen LogP contribution in [0.25, 0.3) is 0 Å². The van der Waals surface area contributed by atoms with E-state index >= 15 is 0 Å². The summed E-state index contributed by atoms with van der Waals surface area (Å²) in [6, 6.07) is -0.646. The molecule has 0 fully saturated rings. The molecule has 0 aliphatic rings. The van der Waals surface area contributed by atoms with Gasteiger partial charge in [-0.2, -0.15) is 0 Å². The summed E-state index contributed by atoms with van der Waals surface area (Å²) in [6.07, 6.45) is 2.91. The largest absolute Gasteiger partial charge is 0.401 e. The molecule has 0 bridgehead atoms. The van der Waals surface area contributed by atoms with Crippen LogP contribution in [0.15, 0.2) is 12.3 Å². The zero-order chi connectivity index (χ0) is 11.1. The zero-order valence-electron chi connectivity index (χ0n) is 9.05. The lowest BCUT2D eigenvalue weighted by Crippen LogP contribution is -2.45. The highest BCUT2D eigenvalue weighted by Gasteiger charge is 2.15. The average molecular weight is 199 g/mol. The van der Waals surface area contributed by atoms with Crippen molar-refractivity contribution < 1.29 is 4.79 Å². The molecular weight excluding hydrogens is 178 g/mol. The predicted molar refractivity (Wildman–Crippen MR) is 58.4 cm³/mol. The normalized spacial score (nSPS) is 14.5. The topological polar surface area (TPSA) is 81.1 Å². The van der Waals surface area contributed by atoms with Gasteiger partial charge in [0.05, 0.1) is 12.1 Å². The van der Waals surface area contributed by atoms with Crippen molar-refractivity contribution in [3.8, 4) is 0 Å². The van der Waals surface area contributed by atoms with Crippen LogP contribution in [0.1, 0.15) is 33.1 Å². The first-order chi connectivity index (χ1) is 6.49. The summed E-state index contributed by atoms with van der Waals surface area (Å²) in [4.78, 5) is 11.3. The molecule has 4 heteroatoms. The molecule has 2 atom stereocenters. The Morgan fingerprint density at radius 1 is 1.57 bits per heavy atom. The summed E-state index contributed by atoms with van der Waals surface area (Å²) >= 11 is 0. The van der Waals surface area contributed by atoms with Crippen molar-refractivity contribution in [1.29, 1.82) is 0 Å². The summed E-state index contributed by atoms with van der Waals surface area (Å²) in [7, 11) is 0. The average Bonchev–Trinajstić information content (AvgIpc) is 2.10. The lowest BCUT2D eigenvalue weighted by molar-refractivity contribution is -0.122. The molecule has 0 aromatic heterocycles. The van der Waals surface area contributed by atoms with Gasteiger partial charge in [-0.1, -0.05) is 26.3 Å². The van der Waals surface area contributed by atoms with E-state index < -0.39 is 6.04 Å². The third-order valence-electron chi connectivity index (χ3n) is 2.02. The highest BCUT2D eigenvalue weighted by atomic mass is 16.2. The SMILES string of the molecule is C=C(N)[C@H](CCCC)NC(=O)[C@H](C)N.